The van der Waals surface area contributed by atoms with Crippen LogP contribution in [0.2, 0.25) is 0 Å². The number of thiol groups is 1. The fourth-order valence-corrected chi connectivity index (χ4v) is 1.43. The summed E-state index contributed by atoms with van der Waals surface area (Å²) in [7, 11) is 0. The fraction of sp³-hybridized carbons (Fsp3) is 0.143. The van der Waals surface area contributed by atoms with E-state index in [9.17, 15) is 4.39 Å². The fourth-order valence-electron chi connectivity index (χ4n) is 0.802. The summed E-state index contributed by atoms with van der Waals surface area (Å²) in [6, 6.07) is 4.25. The van der Waals surface area contributed by atoms with Crippen molar-refractivity contribution in [1.29, 1.82) is 0 Å². The molecule has 0 radical (unpaired) electrons. The number of hydroxylamine groups is 1. The van der Waals surface area contributed by atoms with Crippen LogP contribution >= 0.6 is 28.7 Å². The van der Waals surface area contributed by atoms with Crippen LogP contribution in [0, 0.1) is 5.82 Å². The second-order valence-corrected chi connectivity index (χ2v) is 3.58. The third kappa shape index (κ3) is 2.75. The summed E-state index contributed by atoms with van der Waals surface area (Å²) in [5, 5.41) is 8.78. The van der Waals surface area contributed by atoms with Gasteiger partial charge < -0.3 is 5.21 Å². The molecule has 0 amide bonds. The quantitative estimate of drug-likeness (QED) is 0.624. The van der Waals surface area contributed by atoms with Gasteiger partial charge in [-0.2, -0.15) is 0 Å². The van der Waals surface area contributed by atoms with Crippen LogP contribution in [-0.4, -0.2) is 9.68 Å². The van der Waals surface area contributed by atoms with Gasteiger partial charge in [-0.05, 0) is 17.7 Å². The molecule has 1 rings (SSSR count). The molecule has 0 unspecified atom stereocenters. The average molecular weight is 252 g/mol. The number of halogens is 2. The van der Waals surface area contributed by atoms with Crippen molar-refractivity contribution in [3.63, 3.8) is 0 Å². The zero-order chi connectivity index (χ0) is 9.14. The van der Waals surface area contributed by atoms with E-state index in [4.69, 9.17) is 5.21 Å². The third-order valence-electron chi connectivity index (χ3n) is 1.33. The molecule has 0 aliphatic carbocycles. The van der Waals surface area contributed by atoms with Crippen LogP contribution in [0.3, 0.4) is 0 Å². The van der Waals surface area contributed by atoms with Gasteiger partial charge in [0.15, 0.2) is 0 Å². The maximum Gasteiger partial charge on any atom is 0.124 e. The number of hydrogen-bond acceptors (Lipinski definition) is 3. The van der Waals surface area contributed by atoms with Crippen molar-refractivity contribution in [3.8, 4) is 0 Å². The number of rotatable bonds is 2. The molecule has 0 fully saturated rings. The Bertz CT molecular complexity index is 282. The number of hydrogen-bond donors (Lipinski definition) is 2. The average Bonchev–Trinajstić information content (AvgIpc) is 1.94. The Hall–Kier alpha value is -0.100. The van der Waals surface area contributed by atoms with E-state index in [2.05, 4.69) is 28.7 Å². The summed E-state index contributed by atoms with van der Waals surface area (Å²) in [4.78, 5) is 0. The van der Waals surface area contributed by atoms with Gasteiger partial charge in [-0.1, -0.05) is 34.8 Å². The minimum Gasteiger partial charge on any atom is -0.303 e. The van der Waals surface area contributed by atoms with E-state index in [1.165, 1.54) is 12.1 Å². The van der Waals surface area contributed by atoms with Crippen molar-refractivity contribution in [3.05, 3.63) is 34.1 Å². The van der Waals surface area contributed by atoms with Crippen LogP contribution in [0.15, 0.2) is 22.7 Å². The monoisotopic (exact) mass is 251 g/mol. The Balaban J connectivity index is 2.86. The highest BCUT2D eigenvalue weighted by Crippen LogP contribution is 2.19. The van der Waals surface area contributed by atoms with Crippen LogP contribution in [0.25, 0.3) is 0 Å². The summed E-state index contributed by atoms with van der Waals surface area (Å²) in [6.07, 6.45) is 0. The number of benzene rings is 1. The van der Waals surface area contributed by atoms with Crippen molar-refractivity contribution in [2.24, 2.45) is 0 Å². The molecule has 12 heavy (non-hydrogen) atoms. The largest absolute Gasteiger partial charge is 0.303 e. The van der Waals surface area contributed by atoms with E-state index in [1.807, 2.05) is 0 Å². The van der Waals surface area contributed by atoms with Crippen molar-refractivity contribution < 1.29 is 9.60 Å². The van der Waals surface area contributed by atoms with Gasteiger partial charge in [0.2, 0.25) is 0 Å². The summed E-state index contributed by atoms with van der Waals surface area (Å²) >= 11 is 6.82. The molecule has 2 nitrogen and oxygen atoms in total. The second-order valence-electron chi connectivity index (χ2n) is 2.27. The van der Waals surface area contributed by atoms with E-state index in [1.54, 1.807) is 6.07 Å². The Kier molecular flexibility index (Phi) is 3.52. The number of nitrogens with zero attached hydrogens (tertiary/aromatic N) is 1. The van der Waals surface area contributed by atoms with Crippen LogP contribution in [0.5, 0.6) is 0 Å². The third-order valence-corrected chi connectivity index (χ3v) is 2.21. The summed E-state index contributed by atoms with van der Waals surface area (Å²) in [5.74, 6) is -0.311. The first-order valence-corrected chi connectivity index (χ1v) is 4.38. The summed E-state index contributed by atoms with van der Waals surface area (Å²) in [5.41, 5.74) is 0.772. The Morgan fingerprint density at radius 3 is 2.75 bits per heavy atom. The molecule has 1 aromatic rings. The molecule has 1 aromatic carbocycles. The van der Waals surface area contributed by atoms with E-state index in [-0.39, 0.29) is 12.4 Å². The van der Waals surface area contributed by atoms with Gasteiger partial charge in [-0.25, -0.2) is 4.39 Å². The molecule has 0 atom stereocenters. The molecule has 0 aliphatic heterocycles. The highest BCUT2D eigenvalue weighted by atomic mass is 79.9. The van der Waals surface area contributed by atoms with Gasteiger partial charge in [0.1, 0.15) is 5.82 Å². The van der Waals surface area contributed by atoms with E-state index in [0.29, 0.717) is 4.47 Å². The molecule has 0 heterocycles. The maximum atomic E-state index is 12.6. The topological polar surface area (TPSA) is 23.5 Å². The Morgan fingerprint density at radius 2 is 2.25 bits per heavy atom. The first-order chi connectivity index (χ1) is 5.59. The molecule has 5 heteroatoms. The van der Waals surface area contributed by atoms with Gasteiger partial charge in [0.25, 0.3) is 0 Å². The molecule has 0 aliphatic rings. The molecule has 0 saturated carbocycles. The zero-order valence-corrected chi connectivity index (χ0v) is 8.52. The molecule has 1 N–H and O–H groups in total. The van der Waals surface area contributed by atoms with Crippen LogP contribution in [0.1, 0.15) is 5.56 Å². The van der Waals surface area contributed by atoms with Crippen molar-refractivity contribution >= 4 is 28.7 Å². The van der Waals surface area contributed by atoms with Gasteiger partial charge in [-0.3, -0.25) is 0 Å². The molecule has 0 spiro atoms. The predicted octanol–water partition coefficient (Wildman–Crippen LogP) is 2.62. The first kappa shape index (κ1) is 9.98. The van der Waals surface area contributed by atoms with Crippen LogP contribution < -0.4 is 0 Å². The molecule has 0 aromatic heterocycles. The molecule has 0 bridgehead atoms. The normalized spacial score (nSPS) is 10.8. The molecule has 0 saturated heterocycles. The lowest BCUT2D eigenvalue weighted by Gasteiger charge is -2.07. The molecular weight excluding hydrogens is 245 g/mol. The lowest BCUT2D eigenvalue weighted by molar-refractivity contribution is 0.0117. The molecule has 66 valence electrons. The van der Waals surface area contributed by atoms with E-state index < -0.39 is 0 Å². The minimum absolute atomic E-state index is 0.240. The standard InChI is InChI=1S/C7H7BrFNOS/c8-7-3-6(9)2-1-5(7)4-10(11)12/h1-3,11-12H,4H2. The van der Waals surface area contributed by atoms with Crippen LogP contribution in [0.4, 0.5) is 4.39 Å². The van der Waals surface area contributed by atoms with E-state index >= 15 is 0 Å². The van der Waals surface area contributed by atoms with Crippen LogP contribution in [-0.2, 0) is 6.54 Å². The zero-order valence-electron chi connectivity index (χ0n) is 6.04. The highest BCUT2D eigenvalue weighted by Gasteiger charge is 2.03. The van der Waals surface area contributed by atoms with Gasteiger partial charge in [-0.15, -0.1) is 4.47 Å². The summed E-state index contributed by atoms with van der Waals surface area (Å²) in [6.45, 7) is 0.240. The summed E-state index contributed by atoms with van der Waals surface area (Å²) < 4.78 is 13.9. The lowest BCUT2D eigenvalue weighted by Crippen LogP contribution is -2.05. The second kappa shape index (κ2) is 4.23. The van der Waals surface area contributed by atoms with Crippen molar-refractivity contribution in [2.75, 3.05) is 0 Å². The van der Waals surface area contributed by atoms with Gasteiger partial charge in [0.05, 0.1) is 6.54 Å². The predicted molar refractivity (Wildman–Crippen MR) is 50.4 cm³/mol. The minimum atomic E-state index is -0.311. The maximum absolute atomic E-state index is 12.6. The SMILES string of the molecule is ON(S)Cc1ccc(F)cc1Br. The lowest BCUT2D eigenvalue weighted by atomic mass is 10.2. The Labute approximate surface area is 83.6 Å². The smallest absolute Gasteiger partial charge is 0.124 e. The van der Waals surface area contributed by atoms with Crippen molar-refractivity contribution in [1.82, 2.24) is 4.47 Å². The first-order valence-electron chi connectivity index (χ1n) is 3.19. The van der Waals surface area contributed by atoms with Gasteiger partial charge >= 0.3 is 0 Å². The highest BCUT2D eigenvalue weighted by molar-refractivity contribution is 9.10. The van der Waals surface area contributed by atoms with E-state index in [0.717, 1.165) is 10.0 Å². The molecular formula is C7H7BrFNOS. The Morgan fingerprint density at radius 1 is 1.58 bits per heavy atom. The van der Waals surface area contributed by atoms with Gasteiger partial charge in [0, 0.05) is 4.47 Å². The van der Waals surface area contributed by atoms with Crippen molar-refractivity contribution in [2.45, 2.75) is 6.54 Å².